The Kier molecular flexibility index (Phi) is 5.49. The zero-order valence-electron chi connectivity index (χ0n) is 12.1. The van der Waals surface area contributed by atoms with Crippen molar-refractivity contribution in [3.63, 3.8) is 0 Å². The van der Waals surface area contributed by atoms with E-state index in [0.717, 1.165) is 31.8 Å². The van der Waals surface area contributed by atoms with Crippen LogP contribution in [0.1, 0.15) is 51.9 Å². The molecule has 0 spiro atoms. The molecule has 0 aromatic carbocycles. The standard InChI is InChI=1S/C15H28N2O2/c1-2-12-5-7-13(8-6-12)10-16-15(19)17-9-3-4-14(18)11-17/h12-14,18H,2-11H2,1H3,(H,16,19). The van der Waals surface area contributed by atoms with E-state index in [1.165, 1.54) is 32.1 Å². The number of likely N-dealkylation sites (tertiary alicyclic amines) is 1. The molecule has 1 atom stereocenters. The van der Waals surface area contributed by atoms with Crippen LogP contribution in [0.25, 0.3) is 0 Å². The van der Waals surface area contributed by atoms with Gasteiger partial charge in [0.2, 0.25) is 0 Å². The molecule has 1 saturated heterocycles. The van der Waals surface area contributed by atoms with Gasteiger partial charge in [0.1, 0.15) is 0 Å². The van der Waals surface area contributed by atoms with Crippen LogP contribution in [0.5, 0.6) is 0 Å². The predicted octanol–water partition coefficient (Wildman–Crippen LogP) is 2.37. The Labute approximate surface area is 116 Å². The van der Waals surface area contributed by atoms with E-state index in [0.29, 0.717) is 12.5 Å². The van der Waals surface area contributed by atoms with Crippen molar-refractivity contribution in [3.8, 4) is 0 Å². The molecule has 0 bridgehead atoms. The Morgan fingerprint density at radius 3 is 2.53 bits per heavy atom. The van der Waals surface area contributed by atoms with Gasteiger partial charge < -0.3 is 15.3 Å². The maximum absolute atomic E-state index is 12.0. The predicted molar refractivity (Wildman–Crippen MR) is 76.0 cm³/mol. The Balaban J connectivity index is 1.66. The highest BCUT2D eigenvalue weighted by atomic mass is 16.3. The fraction of sp³-hybridized carbons (Fsp3) is 0.933. The van der Waals surface area contributed by atoms with E-state index in [9.17, 15) is 9.90 Å². The molecule has 19 heavy (non-hydrogen) atoms. The van der Waals surface area contributed by atoms with E-state index >= 15 is 0 Å². The fourth-order valence-corrected chi connectivity index (χ4v) is 3.33. The van der Waals surface area contributed by atoms with E-state index in [4.69, 9.17) is 0 Å². The summed E-state index contributed by atoms with van der Waals surface area (Å²) in [5.74, 6) is 1.56. The number of hydrogen-bond acceptors (Lipinski definition) is 2. The molecule has 2 aliphatic rings. The van der Waals surface area contributed by atoms with E-state index < -0.39 is 0 Å². The van der Waals surface area contributed by atoms with Crippen LogP contribution < -0.4 is 5.32 Å². The molecule has 1 aliphatic heterocycles. The van der Waals surface area contributed by atoms with Gasteiger partial charge in [0.05, 0.1) is 6.10 Å². The van der Waals surface area contributed by atoms with Gasteiger partial charge in [0.15, 0.2) is 0 Å². The van der Waals surface area contributed by atoms with Gasteiger partial charge in [-0.1, -0.05) is 26.2 Å². The molecule has 2 rings (SSSR count). The van der Waals surface area contributed by atoms with E-state index in [1.54, 1.807) is 4.90 Å². The molecule has 110 valence electrons. The van der Waals surface area contributed by atoms with Crippen LogP contribution in [0.15, 0.2) is 0 Å². The Bertz CT molecular complexity index is 288. The highest BCUT2D eigenvalue weighted by Gasteiger charge is 2.24. The second kappa shape index (κ2) is 7.13. The number of carbonyl (C=O) groups excluding carboxylic acids is 1. The van der Waals surface area contributed by atoms with Crippen molar-refractivity contribution >= 4 is 6.03 Å². The summed E-state index contributed by atoms with van der Waals surface area (Å²) in [4.78, 5) is 13.8. The van der Waals surface area contributed by atoms with Gasteiger partial charge in [-0.3, -0.25) is 0 Å². The van der Waals surface area contributed by atoms with Crippen molar-refractivity contribution < 1.29 is 9.90 Å². The number of rotatable bonds is 3. The molecule has 0 radical (unpaired) electrons. The Morgan fingerprint density at radius 1 is 1.21 bits per heavy atom. The van der Waals surface area contributed by atoms with Crippen molar-refractivity contribution in [2.24, 2.45) is 11.8 Å². The van der Waals surface area contributed by atoms with Crippen molar-refractivity contribution in [3.05, 3.63) is 0 Å². The number of β-amino-alcohol motifs (C(OH)–C–C–N with tert-alkyl or cyclic N) is 1. The minimum atomic E-state index is -0.334. The Morgan fingerprint density at radius 2 is 1.89 bits per heavy atom. The molecule has 1 unspecified atom stereocenters. The average molecular weight is 268 g/mol. The van der Waals surface area contributed by atoms with Gasteiger partial charge in [0.25, 0.3) is 0 Å². The molecule has 0 aromatic rings. The lowest BCUT2D eigenvalue weighted by Crippen LogP contribution is -2.48. The summed E-state index contributed by atoms with van der Waals surface area (Å²) in [5, 5.41) is 12.6. The summed E-state index contributed by atoms with van der Waals surface area (Å²) in [5.41, 5.74) is 0. The first-order valence-corrected chi connectivity index (χ1v) is 7.90. The summed E-state index contributed by atoms with van der Waals surface area (Å²) in [6, 6.07) is 0.0105. The monoisotopic (exact) mass is 268 g/mol. The van der Waals surface area contributed by atoms with Crippen molar-refractivity contribution in [1.82, 2.24) is 10.2 Å². The molecule has 1 saturated carbocycles. The molecule has 4 nitrogen and oxygen atoms in total. The fourth-order valence-electron chi connectivity index (χ4n) is 3.33. The molecule has 2 amide bonds. The van der Waals surface area contributed by atoms with E-state index in [-0.39, 0.29) is 12.1 Å². The highest BCUT2D eigenvalue weighted by molar-refractivity contribution is 5.74. The number of hydrogen-bond donors (Lipinski definition) is 2. The van der Waals surface area contributed by atoms with Crippen molar-refractivity contribution in [2.75, 3.05) is 19.6 Å². The lowest BCUT2D eigenvalue weighted by atomic mass is 9.81. The van der Waals surface area contributed by atoms with Crippen LogP contribution in [0.4, 0.5) is 4.79 Å². The smallest absolute Gasteiger partial charge is 0.317 e. The normalized spacial score (nSPS) is 32.1. The van der Waals surface area contributed by atoms with Crippen molar-refractivity contribution in [2.45, 2.75) is 58.0 Å². The SMILES string of the molecule is CCC1CCC(CNC(=O)N2CCCC(O)C2)CC1. The summed E-state index contributed by atoms with van der Waals surface area (Å²) >= 11 is 0. The van der Waals surface area contributed by atoms with Gasteiger partial charge in [-0.05, 0) is 37.5 Å². The van der Waals surface area contributed by atoms with E-state index in [1.807, 2.05) is 0 Å². The van der Waals surface area contributed by atoms with Gasteiger partial charge in [0, 0.05) is 19.6 Å². The lowest BCUT2D eigenvalue weighted by Gasteiger charge is -2.32. The highest BCUT2D eigenvalue weighted by Crippen LogP contribution is 2.30. The van der Waals surface area contributed by atoms with Crippen LogP contribution in [-0.2, 0) is 0 Å². The lowest BCUT2D eigenvalue weighted by molar-refractivity contribution is 0.0836. The number of urea groups is 1. The van der Waals surface area contributed by atoms with Crippen LogP contribution in [0.2, 0.25) is 0 Å². The molecule has 4 heteroatoms. The molecule has 1 aliphatic carbocycles. The summed E-state index contributed by atoms with van der Waals surface area (Å²) in [6.07, 6.45) is 7.84. The largest absolute Gasteiger partial charge is 0.391 e. The van der Waals surface area contributed by atoms with Crippen molar-refractivity contribution in [1.29, 1.82) is 0 Å². The molecular weight excluding hydrogens is 240 g/mol. The third kappa shape index (κ3) is 4.37. The molecule has 2 fully saturated rings. The number of piperidine rings is 1. The summed E-state index contributed by atoms with van der Waals surface area (Å²) in [7, 11) is 0. The first-order chi connectivity index (χ1) is 9.19. The van der Waals surface area contributed by atoms with E-state index in [2.05, 4.69) is 12.2 Å². The van der Waals surface area contributed by atoms with Crippen LogP contribution in [0.3, 0.4) is 0 Å². The maximum Gasteiger partial charge on any atom is 0.317 e. The maximum atomic E-state index is 12.0. The number of nitrogens with one attached hydrogen (secondary N) is 1. The van der Waals surface area contributed by atoms with Crippen LogP contribution in [0, 0.1) is 11.8 Å². The molecule has 1 heterocycles. The zero-order chi connectivity index (χ0) is 13.7. The third-order valence-corrected chi connectivity index (χ3v) is 4.77. The van der Waals surface area contributed by atoms with Crippen LogP contribution in [-0.4, -0.2) is 41.8 Å². The summed E-state index contributed by atoms with van der Waals surface area (Å²) < 4.78 is 0. The number of aliphatic hydroxyl groups is 1. The minimum Gasteiger partial charge on any atom is -0.391 e. The zero-order valence-corrected chi connectivity index (χ0v) is 12.1. The topological polar surface area (TPSA) is 52.6 Å². The first kappa shape index (κ1) is 14.6. The van der Waals surface area contributed by atoms with Gasteiger partial charge in [-0.15, -0.1) is 0 Å². The second-order valence-electron chi connectivity index (χ2n) is 6.22. The number of carbonyl (C=O) groups is 1. The minimum absolute atomic E-state index is 0.0105. The third-order valence-electron chi connectivity index (χ3n) is 4.77. The first-order valence-electron chi connectivity index (χ1n) is 7.90. The van der Waals surface area contributed by atoms with Gasteiger partial charge in [-0.25, -0.2) is 4.79 Å². The Hall–Kier alpha value is -0.770. The number of amides is 2. The number of aliphatic hydroxyl groups excluding tert-OH is 1. The second-order valence-corrected chi connectivity index (χ2v) is 6.22. The van der Waals surface area contributed by atoms with Gasteiger partial charge in [-0.2, -0.15) is 0 Å². The number of nitrogens with zero attached hydrogens (tertiary/aromatic N) is 1. The summed E-state index contributed by atoms with van der Waals surface area (Å²) in [6.45, 7) is 4.36. The molecular formula is C15H28N2O2. The van der Waals surface area contributed by atoms with Crippen LogP contribution >= 0.6 is 0 Å². The molecule has 0 aromatic heterocycles. The average Bonchev–Trinajstić information content (AvgIpc) is 2.45. The van der Waals surface area contributed by atoms with Gasteiger partial charge >= 0.3 is 6.03 Å². The molecule has 2 N–H and O–H groups in total. The quantitative estimate of drug-likeness (QED) is 0.825.